The summed E-state index contributed by atoms with van der Waals surface area (Å²) >= 11 is 0. The van der Waals surface area contributed by atoms with Crippen LogP contribution in [0.1, 0.15) is 47.0 Å². The van der Waals surface area contributed by atoms with Crippen LogP contribution in [-0.2, 0) is 9.59 Å². The Kier molecular flexibility index (Phi) is 6.16. The van der Waals surface area contributed by atoms with Gasteiger partial charge in [0.15, 0.2) is 0 Å². The number of aliphatic carboxylic acids is 1. The standard InChI is InChI=1S/C12H24N2O3/c1-5-6-7-8(13)10(15)14-9(11(16)17)12(2,3)4/h8-9H,5-7,13H2,1-4H3,(H,14,15)(H,16,17). The van der Waals surface area contributed by atoms with Gasteiger partial charge in [-0.25, -0.2) is 4.79 Å². The highest BCUT2D eigenvalue weighted by atomic mass is 16.4. The normalized spacial score (nSPS) is 15.1. The molecule has 0 heterocycles. The van der Waals surface area contributed by atoms with E-state index in [1.54, 1.807) is 20.8 Å². The molecule has 5 nitrogen and oxygen atoms in total. The Labute approximate surface area is 103 Å². The van der Waals surface area contributed by atoms with Gasteiger partial charge in [-0.1, -0.05) is 40.5 Å². The molecule has 0 saturated heterocycles. The lowest BCUT2D eigenvalue weighted by Crippen LogP contribution is -2.53. The molecule has 0 aromatic rings. The van der Waals surface area contributed by atoms with Crippen molar-refractivity contribution in [2.75, 3.05) is 0 Å². The molecule has 0 aromatic carbocycles. The largest absolute Gasteiger partial charge is 0.480 e. The summed E-state index contributed by atoms with van der Waals surface area (Å²) in [7, 11) is 0. The quantitative estimate of drug-likeness (QED) is 0.652. The fourth-order valence-corrected chi connectivity index (χ4v) is 1.45. The van der Waals surface area contributed by atoms with Crippen molar-refractivity contribution in [2.45, 2.75) is 59.0 Å². The third-order valence-corrected chi connectivity index (χ3v) is 2.61. The second kappa shape index (κ2) is 6.59. The molecule has 0 spiro atoms. The predicted octanol–water partition coefficient (Wildman–Crippen LogP) is 1.12. The number of carboxylic acid groups (broad SMARTS) is 1. The van der Waals surface area contributed by atoms with E-state index in [1.165, 1.54) is 0 Å². The first-order valence-corrected chi connectivity index (χ1v) is 5.99. The third kappa shape index (κ3) is 5.68. The van der Waals surface area contributed by atoms with Gasteiger partial charge in [-0.2, -0.15) is 0 Å². The van der Waals surface area contributed by atoms with Crippen LogP contribution < -0.4 is 11.1 Å². The highest BCUT2D eigenvalue weighted by molar-refractivity contribution is 5.87. The SMILES string of the molecule is CCCCC(N)C(=O)NC(C(=O)O)C(C)(C)C. The molecular weight excluding hydrogens is 220 g/mol. The van der Waals surface area contributed by atoms with Crippen LogP contribution in [0.3, 0.4) is 0 Å². The zero-order valence-electron chi connectivity index (χ0n) is 11.1. The van der Waals surface area contributed by atoms with Gasteiger partial charge in [0.1, 0.15) is 6.04 Å². The topological polar surface area (TPSA) is 92.4 Å². The Morgan fingerprint density at radius 2 is 1.88 bits per heavy atom. The molecule has 0 rings (SSSR count). The molecule has 4 N–H and O–H groups in total. The molecule has 2 atom stereocenters. The van der Waals surface area contributed by atoms with Crippen LogP contribution in [-0.4, -0.2) is 29.1 Å². The first-order chi connectivity index (χ1) is 7.70. The van der Waals surface area contributed by atoms with Crippen molar-refractivity contribution in [1.29, 1.82) is 0 Å². The van der Waals surface area contributed by atoms with Gasteiger partial charge in [0.25, 0.3) is 0 Å². The number of hydrogen-bond donors (Lipinski definition) is 3. The van der Waals surface area contributed by atoms with Crippen molar-refractivity contribution in [3.63, 3.8) is 0 Å². The summed E-state index contributed by atoms with van der Waals surface area (Å²) in [5.41, 5.74) is 5.15. The number of amides is 1. The average Bonchev–Trinajstić information content (AvgIpc) is 2.19. The van der Waals surface area contributed by atoms with E-state index in [-0.39, 0.29) is 5.91 Å². The van der Waals surface area contributed by atoms with E-state index >= 15 is 0 Å². The lowest BCUT2D eigenvalue weighted by atomic mass is 9.86. The Bertz CT molecular complexity index is 271. The molecule has 17 heavy (non-hydrogen) atoms. The third-order valence-electron chi connectivity index (χ3n) is 2.61. The van der Waals surface area contributed by atoms with Crippen LogP contribution in [0.25, 0.3) is 0 Å². The van der Waals surface area contributed by atoms with Crippen molar-refractivity contribution >= 4 is 11.9 Å². The number of unbranched alkanes of at least 4 members (excludes halogenated alkanes) is 1. The highest BCUT2D eigenvalue weighted by Crippen LogP contribution is 2.19. The maximum absolute atomic E-state index is 11.7. The van der Waals surface area contributed by atoms with E-state index in [1.807, 2.05) is 6.92 Å². The van der Waals surface area contributed by atoms with Gasteiger partial charge in [0.05, 0.1) is 6.04 Å². The summed E-state index contributed by atoms with van der Waals surface area (Å²) in [6.45, 7) is 7.32. The first-order valence-electron chi connectivity index (χ1n) is 5.99. The van der Waals surface area contributed by atoms with Crippen molar-refractivity contribution in [1.82, 2.24) is 5.32 Å². The minimum Gasteiger partial charge on any atom is -0.480 e. The molecular formula is C12H24N2O3. The summed E-state index contributed by atoms with van der Waals surface area (Å²) in [6, 6.07) is -1.54. The molecule has 0 saturated carbocycles. The Morgan fingerprint density at radius 1 is 1.35 bits per heavy atom. The van der Waals surface area contributed by atoms with Crippen molar-refractivity contribution in [3.05, 3.63) is 0 Å². The van der Waals surface area contributed by atoms with E-state index in [4.69, 9.17) is 10.8 Å². The molecule has 2 unspecified atom stereocenters. The number of rotatable bonds is 6. The molecule has 1 amide bonds. The van der Waals surface area contributed by atoms with Crippen LogP contribution in [0.15, 0.2) is 0 Å². The van der Waals surface area contributed by atoms with Gasteiger partial charge in [0.2, 0.25) is 5.91 Å². The van der Waals surface area contributed by atoms with Gasteiger partial charge < -0.3 is 16.2 Å². The van der Waals surface area contributed by atoms with Gasteiger partial charge in [-0.3, -0.25) is 4.79 Å². The Morgan fingerprint density at radius 3 is 2.24 bits per heavy atom. The number of nitrogens with two attached hydrogens (primary N) is 1. The summed E-state index contributed by atoms with van der Waals surface area (Å²) in [5, 5.41) is 11.6. The van der Waals surface area contributed by atoms with Crippen molar-refractivity contribution < 1.29 is 14.7 Å². The number of carbonyl (C=O) groups excluding carboxylic acids is 1. The van der Waals surface area contributed by atoms with Crippen LogP contribution in [0.2, 0.25) is 0 Å². The fraction of sp³-hybridized carbons (Fsp3) is 0.833. The average molecular weight is 244 g/mol. The molecule has 0 aliphatic rings. The lowest BCUT2D eigenvalue weighted by Gasteiger charge is -2.28. The van der Waals surface area contributed by atoms with Gasteiger partial charge in [0, 0.05) is 0 Å². The monoisotopic (exact) mass is 244 g/mol. The maximum Gasteiger partial charge on any atom is 0.326 e. The van der Waals surface area contributed by atoms with Crippen molar-refractivity contribution in [2.24, 2.45) is 11.1 Å². The van der Waals surface area contributed by atoms with E-state index in [0.717, 1.165) is 12.8 Å². The molecule has 0 fully saturated rings. The smallest absolute Gasteiger partial charge is 0.326 e. The van der Waals surface area contributed by atoms with Gasteiger partial charge >= 0.3 is 5.97 Å². The second-order valence-corrected chi connectivity index (χ2v) is 5.39. The van der Waals surface area contributed by atoms with Crippen LogP contribution in [0.5, 0.6) is 0 Å². The summed E-state index contributed by atoms with van der Waals surface area (Å²) < 4.78 is 0. The van der Waals surface area contributed by atoms with Gasteiger partial charge in [-0.05, 0) is 11.8 Å². The molecule has 5 heteroatoms. The molecule has 0 bridgehead atoms. The first kappa shape index (κ1) is 15.9. The fourth-order valence-electron chi connectivity index (χ4n) is 1.45. The maximum atomic E-state index is 11.7. The molecule has 0 aromatic heterocycles. The number of carbonyl (C=O) groups is 2. The van der Waals surface area contributed by atoms with E-state index in [0.29, 0.717) is 6.42 Å². The zero-order chi connectivity index (χ0) is 13.6. The summed E-state index contributed by atoms with van der Waals surface area (Å²) in [4.78, 5) is 22.8. The summed E-state index contributed by atoms with van der Waals surface area (Å²) in [6.07, 6.45) is 2.41. The number of hydrogen-bond acceptors (Lipinski definition) is 3. The molecule has 0 aliphatic heterocycles. The molecule has 0 aliphatic carbocycles. The summed E-state index contributed by atoms with van der Waals surface area (Å²) in [5.74, 6) is -1.42. The van der Waals surface area contributed by atoms with Crippen LogP contribution in [0, 0.1) is 5.41 Å². The minimum absolute atomic E-state index is 0.388. The van der Waals surface area contributed by atoms with Gasteiger partial charge in [-0.15, -0.1) is 0 Å². The number of nitrogens with one attached hydrogen (secondary N) is 1. The van der Waals surface area contributed by atoms with Crippen molar-refractivity contribution in [3.8, 4) is 0 Å². The van der Waals surface area contributed by atoms with Crippen LogP contribution in [0.4, 0.5) is 0 Å². The number of carboxylic acids is 1. The Hall–Kier alpha value is -1.10. The molecule has 0 radical (unpaired) electrons. The Balaban J connectivity index is 4.47. The van der Waals surface area contributed by atoms with E-state index in [9.17, 15) is 9.59 Å². The zero-order valence-corrected chi connectivity index (χ0v) is 11.1. The van der Waals surface area contributed by atoms with E-state index in [2.05, 4.69) is 5.32 Å². The van der Waals surface area contributed by atoms with E-state index < -0.39 is 23.5 Å². The predicted molar refractivity (Wildman–Crippen MR) is 66.5 cm³/mol. The van der Waals surface area contributed by atoms with Crippen LogP contribution >= 0.6 is 0 Å². The second-order valence-electron chi connectivity index (χ2n) is 5.39. The minimum atomic E-state index is -1.03. The molecule has 100 valence electrons. The highest BCUT2D eigenvalue weighted by Gasteiger charge is 2.33. The lowest BCUT2D eigenvalue weighted by molar-refractivity contribution is -0.145.